The van der Waals surface area contributed by atoms with E-state index in [1.165, 1.54) is 12.1 Å². The molecule has 1 heterocycles. The molecule has 6 nitrogen and oxygen atoms in total. The zero-order valence-corrected chi connectivity index (χ0v) is 11.5. The van der Waals surface area contributed by atoms with Crippen molar-refractivity contribution in [1.29, 1.82) is 0 Å². The lowest BCUT2D eigenvalue weighted by Gasteiger charge is -2.07. The van der Waals surface area contributed by atoms with E-state index >= 15 is 0 Å². The Labute approximate surface area is 119 Å². The largest absolute Gasteiger partial charge is 0.310 e. The normalized spacial score (nSPS) is 10.7. The van der Waals surface area contributed by atoms with E-state index < -0.39 is 4.92 Å². The second-order valence-electron chi connectivity index (χ2n) is 3.71. The highest BCUT2D eigenvalue weighted by Crippen LogP contribution is 2.35. The summed E-state index contributed by atoms with van der Waals surface area (Å²) in [6.07, 6.45) is 0. The van der Waals surface area contributed by atoms with Crippen molar-refractivity contribution in [1.82, 2.24) is 14.8 Å². The average Bonchev–Trinajstić information content (AvgIpc) is 2.80. The maximum atomic E-state index is 11.1. The van der Waals surface area contributed by atoms with Gasteiger partial charge in [-0.1, -0.05) is 17.7 Å². The summed E-state index contributed by atoms with van der Waals surface area (Å²) in [5.74, 6) is 1.09. The van der Waals surface area contributed by atoms with Crippen molar-refractivity contribution in [2.45, 2.75) is 19.3 Å². The number of nitrogens with zero attached hydrogens (tertiary/aromatic N) is 4. The fourth-order valence-corrected chi connectivity index (χ4v) is 2.29. The van der Waals surface area contributed by atoms with Crippen LogP contribution in [0.3, 0.4) is 0 Å². The predicted octanol–water partition coefficient (Wildman–Crippen LogP) is 3.27. The van der Waals surface area contributed by atoms with Crippen molar-refractivity contribution < 1.29 is 4.92 Å². The highest BCUT2D eigenvalue weighted by molar-refractivity contribution is 6.33. The van der Waals surface area contributed by atoms with E-state index in [0.717, 1.165) is 0 Å². The summed E-state index contributed by atoms with van der Waals surface area (Å²) in [5.41, 5.74) is 0.163. The van der Waals surface area contributed by atoms with Gasteiger partial charge in [0.2, 0.25) is 0 Å². The molecule has 8 heteroatoms. The summed E-state index contributed by atoms with van der Waals surface area (Å²) in [7, 11) is 0. The van der Waals surface area contributed by atoms with Gasteiger partial charge in [-0.25, -0.2) is 0 Å². The van der Waals surface area contributed by atoms with Crippen LogP contribution in [-0.4, -0.2) is 19.7 Å². The van der Waals surface area contributed by atoms with E-state index in [9.17, 15) is 10.1 Å². The van der Waals surface area contributed by atoms with Gasteiger partial charge in [0.1, 0.15) is 11.4 Å². The zero-order chi connectivity index (χ0) is 14.0. The molecule has 2 aromatic rings. The van der Waals surface area contributed by atoms with Crippen molar-refractivity contribution in [3.63, 3.8) is 0 Å². The molecule has 1 aromatic carbocycles. The molecular formula is C11H10Cl2N4O2. The van der Waals surface area contributed by atoms with Gasteiger partial charge in [-0.15, -0.1) is 21.8 Å². The number of nitro benzene ring substituents is 1. The third-order valence-electron chi connectivity index (χ3n) is 2.68. The fourth-order valence-electron chi connectivity index (χ4n) is 1.84. The Morgan fingerprint density at radius 1 is 1.42 bits per heavy atom. The van der Waals surface area contributed by atoms with Gasteiger partial charge in [0.05, 0.1) is 15.8 Å². The number of benzene rings is 1. The first-order chi connectivity index (χ1) is 9.10. The molecular weight excluding hydrogens is 291 g/mol. The summed E-state index contributed by atoms with van der Waals surface area (Å²) in [6.45, 7) is 2.43. The summed E-state index contributed by atoms with van der Waals surface area (Å²) in [5, 5.41) is 19.2. The summed E-state index contributed by atoms with van der Waals surface area (Å²) in [6, 6.07) is 4.49. The summed E-state index contributed by atoms with van der Waals surface area (Å²) < 4.78 is 1.71. The summed E-state index contributed by atoms with van der Waals surface area (Å²) >= 11 is 11.8. The van der Waals surface area contributed by atoms with Crippen LogP contribution >= 0.6 is 23.2 Å². The van der Waals surface area contributed by atoms with Gasteiger partial charge in [-0.2, -0.15) is 0 Å². The molecule has 0 amide bonds. The highest BCUT2D eigenvalue weighted by atomic mass is 35.5. The molecule has 0 saturated carbocycles. The number of halogens is 2. The number of alkyl halides is 1. The first-order valence-corrected chi connectivity index (χ1v) is 6.42. The van der Waals surface area contributed by atoms with E-state index in [1.54, 1.807) is 10.6 Å². The van der Waals surface area contributed by atoms with E-state index in [1.807, 2.05) is 6.92 Å². The van der Waals surface area contributed by atoms with Gasteiger partial charge >= 0.3 is 0 Å². The minimum absolute atomic E-state index is 0.101. The van der Waals surface area contributed by atoms with Crippen molar-refractivity contribution in [2.24, 2.45) is 0 Å². The Hall–Kier alpha value is -1.66. The van der Waals surface area contributed by atoms with E-state index in [0.29, 0.717) is 18.2 Å². The predicted molar refractivity (Wildman–Crippen MR) is 72.4 cm³/mol. The van der Waals surface area contributed by atoms with E-state index in [2.05, 4.69) is 10.2 Å². The maximum absolute atomic E-state index is 11.1. The second kappa shape index (κ2) is 5.54. The molecule has 1 aromatic heterocycles. The molecule has 0 saturated heterocycles. The molecule has 100 valence electrons. The van der Waals surface area contributed by atoms with Crippen LogP contribution in [0.2, 0.25) is 5.02 Å². The first-order valence-electron chi connectivity index (χ1n) is 5.51. The SMILES string of the molecule is CCn1c(CCl)nnc1-c1c(Cl)cccc1[N+](=O)[O-]. The monoisotopic (exact) mass is 300 g/mol. The molecule has 0 atom stereocenters. The number of nitro groups is 1. The molecule has 2 rings (SSSR count). The van der Waals surface area contributed by atoms with E-state index in [4.69, 9.17) is 23.2 Å². The van der Waals surface area contributed by atoms with Crippen LogP contribution in [0.25, 0.3) is 11.4 Å². The Morgan fingerprint density at radius 2 is 2.16 bits per heavy atom. The van der Waals surface area contributed by atoms with Crippen LogP contribution in [-0.2, 0) is 12.4 Å². The quantitative estimate of drug-likeness (QED) is 0.493. The molecule has 0 aliphatic rings. The Bertz CT molecular complexity index is 627. The minimum atomic E-state index is -0.490. The third-order valence-corrected chi connectivity index (χ3v) is 3.23. The van der Waals surface area contributed by atoms with Crippen LogP contribution in [0.4, 0.5) is 5.69 Å². The Balaban J connectivity index is 2.71. The van der Waals surface area contributed by atoms with Crippen LogP contribution in [0.1, 0.15) is 12.7 Å². The van der Waals surface area contributed by atoms with Gasteiger partial charge in [0.15, 0.2) is 5.82 Å². The van der Waals surface area contributed by atoms with Gasteiger partial charge in [-0.3, -0.25) is 10.1 Å². The topological polar surface area (TPSA) is 73.8 Å². The molecule has 0 radical (unpaired) electrons. The standard InChI is InChI=1S/C11H10Cl2N4O2/c1-2-16-9(6-12)14-15-11(16)10-7(13)4-3-5-8(10)17(18)19/h3-5H,2,6H2,1H3. The van der Waals surface area contributed by atoms with Gasteiger partial charge in [0.25, 0.3) is 5.69 Å². The highest BCUT2D eigenvalue weighted by Gasteiger charge is 2.24. The van der Waals surface area contributed by atoms with Crippen LogP contribution in [0.15, 0.2) is 18.2 Å². The smallest absolute Gasteiger partial charge is 0.281 e. The van der Waals surface area contributed by atoms with Gasteiger partial charge < -0.3 is 4.57 Å². The number of hydrogen-bond donors (Lipinski definition) is 0. The zero-order valence-electron chi connectivity index (χ0n) is 10.0. The maximum Gasteiger partial charge on any atom is 0.281 e. The van der Waals surface area contributed by atoms with Gasteiger partial charge in [-0.05, 0) is 13.0 Å². The van der Waals surface area contributed by atoms with Crippen LogP contribution in [0, 0.1) is 10.1 Å². The number of rotatable bonds is 4. The Kier molecular flexibility index (Phi) is 4.01. The molecule has 0 N–H and O–H groups in total. The Morgan fingerprint density at radius 3 is 2.74 bits per heavy atom. The van der Waals surface area contributed by atoms with Crippen molar-refractivity contribution in [3.05, 3.63) is 39.2 Å². The van der Waals surface area contributed by atoms with Crippen LogP contribution < -0.4 is 0 Å². The molecule has 0 unspecified atom stereocenters. The molecule has 0 bridgehead atoms. The lowest BCUT2D eigenvalue weighted by molar-refractivity contribution is -0.384. The first kappa shape index (κ1) is 13.8. The number of aromatic nitrogens is 3. The number of hydrogen-bond acceptors (Lipinski definition) is 4. The molecule has 0 aliphatic carbocycles. The lowest BCUT2D eigenvalue weighted by Crippen LogP contribution is -2.04. The van der Waals surface area contributed by atoms with Crippen molar-refractivity contribution in [2.75, 3.05) is 0 Å². The molecule has 0 fully saturated rings. The second-order valence-corrected chi connectivity index (χ2v) is 4.38. The lowest BCUT2D eigenvalue weighted by atomic mass is 10.1. The average molecular weight is 301 g/mol. The molecule has 19 heavy (non-hydrogen) atoms. The third kappa shape index (κ3) is 2.41. The van der Waals surface area contributed by atoms with E-state index in [-0.39, 0.29) is 22.2 Å². The van der Waals surface area contributed by atoms with Crippen LogP contribution in [0.5, 0.6) is 0 Å². The minimum Gasteiger partial charge on any atom is -0.310 e. The van der Waals surface area contributed by atoms with Crippen molar-refractivity contribution in [3.8, 4) is 11.4 Å². The van der Waals surface area contributed by atoms with Gasteiger partial charge in [0, 0.05) is 12.6 Å². The molecule has 0 aliphatic heterocycles. The fraction of sp³-hybridized carbons (Fsp3) is 0.273. The van der Waals surface area contributed by atoms with Crippen molar-refractivity contribution >= 4 is 28.9 Å². The summed E-state index contributed by atoms with van der Waals surface area (Å²) in [4.78, 5) is 10.6. The molecule has 0 spiro atoms.